The fourth-order valence-electron chi connectivity index (χ4n) is 2.14. The molecule has 1 N–H and O–H groups in total. The summed E-state index contributed by atoms with van der Waals surface area (Å²) < 4.78 is 5.49. The van der Waals surface area contributed by atoms with E-state index in [1.807, 2.05) is 45.0 Å². The molecule has 0 aliphatic carbocycles. The van der Waals surface area contributed by atoms with Crippen LogP contribution >= 0.6 is 0 Å². The Morgan fingerprint density at radius 3 is 2.67 bits per heavy atom. The molecule has 5 heteroatoms. The van der Waals surface area contributed by atoms with E-state index in [9.17, 15) is 9.59 Å². The number of anilines is 1. The SMILES string of the molecule is Cc1ccc(N2CC(CNC(=O)C(C)C)OCC2=O)cc1. The zero-order chi connectivity index (χ0) is 15.4. The lowest BCUT2D eigenvalue weighted by molar-refractivity contribution is -0.130. The van der Waals surface area contributed by atoms with Gasteiger partial charge in [0.05, 0.1) is 12.6 Å². The minimum absolute atomic E-state index is 0.00242. The molecule has 0 aromatic heterocycles. The van der Waals surface area contributed by atoms with E-state index >= 15 is 0 Å². The number of aryl methyl sites for hydroxylation is 1. The van der Waals surface area contributed by atoms with Crippen LogP contribution in [0.3, 0.4) is 0 Å². The predicted octanol–water partition coefficient (Wildman–Crippen LogP) is 1.50. The lowest BCUT2D eigenvalue weighted by atomic mass is 10.1. The number of rotatable bonds is 4. The maximum Gasteiger partial charge on any atom is 0.253 e. The summed E-state index contributed by atoms with van der Waals surface area (Å²) in [7, 11) is 0. The quantitative estimate of drug-likeness (QED) is 0.914. The van der Waals surface area contributed by atoms with Crippen LogP contribution in [0.2, 0.25) is 0 Å². The van der Waals surface area contributed by atoms with Gasteiger partial charge in [0, 0.05) is 18.2 Å². The van der Waals surface area contributed by atoms with E-state index in [2.05, 4.69) is 5.32 Å². The van der Waals surface area contributed by atoms with E-state index < -0.39 is 0 Å². The van der Waals surface area contributed by atoms with Crippen LogP contribution in [0, 0.1) is 12.8 Å². The number of morpholine rings is 1. The highest BCUT2D eigenvalue weighted by Gasteiger charge is 2.27. The van der Waals surface area contributed by atoms with E-state index in [1.54, 1.807) is 4.90 Å². The number of hydrogen-bond acceptors (Lipinski definition) is 3. The van der Waals surface area contributed by atoms with Gasteiger partial charge >= 0.3 is 0 Å². The molecule has 1 fully saturated rings. The second-order valence-electron chi connectivity index (χ2n) is 5.67. The van der Waals surface area contributed by atoms with Crippen LogP contribution in [0.15, 0.2) is 24.3 Å². The first-order chi connectivity index (χ1) is 9.97. The van der Waals surface area contributed by atoms with Gasteiger partial charge in [-0.05, 0) is 19.1 Å². The van der Waals surface area contributed by atoms with E-state index in [1.165, 1.54) is 0 Å². The molecule has 0 radical (unpaired) electrons. The van der Waals surface area contributed by atoms with Gasteiger partial charge in [0.25, 0.3) is 5.91 Å². The third-order valence-corrected chi connectivity index (χ3v) is 3.50. The van der Waals surface area contributed by atoms with Crippen LogP contribution in [0.4, 0.5) is 5.69 Å². The Morgan fingerprint density at radius 2 is 2.05 bits per heavy atom. The fraction of sp³-hybridized carbons (Fsp3) is 0.500. The molecule has 1 unspecified atom stereocenters. The molecular formula is C16H22N2O3. The van der Waals surface area contributed by atoms with Crippen LogP contribution in [0.1, 0.15) is 19.4 Å². The molecule has 0 saturated carbocycles. The van der Waals surface area contributed by atoms with Gasteiger partial charge in [-0.1, -0.05) is 31.5 Å². The molecule has 1 aromatic rings. The number of nitrogens with zero attached hydrogens (tertiary/aromatic N) is 1. The average molecular weight is 290 g/mol. The topological polar surface area (TPSA) is 58.6 Å². The summed E-state index contributed by atoms with van der Waals surface area (Å²) >= 11 is 0. The summed E-state index contributed by atoms with van der Waals surface area (Å²) in [6, 6.07) is 7.83. The number of carbonyl (C=O) groups excluding carboxylic acids is 2. The van der Waals surface area contributed by atoms with Crippen molar-refractivity contribution >= 4 is 17.5 Å². The van der Waals surface area contributed by atoms with Crippen LogP contribution in [0.5, 0.6) is 0 Å². The van der Waals surface area contributed by atoms with E-state index in [4.69, 9.17) is 4.74 Å². The number of ether oxygens (including phenoxy) is 1. The molecule has 1 aromatic carbocycles. The Kier molecular flexibility index (Phi) is 4.96. The van der Waals surface area contributed by atoms with E-state index in [-0.39, 0.29) is 30.4 Å². The first-order valence-electron chi connectivity index (χ1n) is 7.23. The lowest BCUT2D eigenvalue weighted by Crippen LogP contribution is -2.51. The number of nitrogens with one attached hydrogen (secondary N) is 1. The zero-order valence-electron chi connectivity index (χ0n) is 12.8. The summed E-state index contributed by atoms with van der Waals surface area (Å²) in [5, 5.41) is 2.85. The van der Waals surface area contributed by atoms with E-state index in [0.29, 0.717) is 13.1 Å². The summed E-state index contributed by atoms with van der Waals surface area (Å²) in [5.41, 5.74) is 2.02. The molecule has 114 valence electrons. The molecule has 2 rings (SSSR count). The fourth-order valence-corrected chi connectivity index (χ4v) is 2.14. The molecule has 5 nitrogen and oxygen atoms in total. The van der Waals surface area contributed by atoms with Gasteiger partial charge in [-0.25, -0.2) is 0 Å². The van der Waals surface area contributed by atoms with Gasteiger partial charge in [0.2, 0.25) is 5.91 Å². The highest BCUT2D eigenvalue weighted by Crippen LogP contribution is 2.19. The lowest BCUT2D eigenvalue weighted by Gasteiger charge is -2.33. The third-order valence-electron chi connectivity index (χ3n) is 3.50. The van der Waals surface area contributed by atoms with Crippen molar-refractivity contribution < 1.29 is 14.3 Å². The van der Waals surface area contributed by atoms with Crippen LogP contribution in [-0.4, -0.2) is 37.6 Å². The second-order valence-corrected chi connectivity index (χ2v) is 5.67. The summed E-state index contributed by atoms with van der Waals surface area (Å²) in [6.07, 6.45) is -0.174. The molecule has 0 spiro atoms. The smallest absolute Gasteiger partial charge is 0.253 e. The molecule has 0 bridgehead atoms. The highest BCUT2D eigenvalue weighted by atomic mass is 16.5. The van der Waals surface area contributed by atoms with Gasteiger partial charge in [-0.3, -0.25) is 9.59 Å². The summed E-state index contributed by atoms with van der Waals surface area (Å²) in [4.78, 5) is 25.3. The minimum Gasteiger partial charge on any atom is -0.365 e. The first kappa shape index (κ1) is 15.5. The molecule has 1 saturated heterocycles. The van der Waals surface area contributed by atoms with Crippen LogP contribution < -0.4 is 10.2 Å². The molecule has 1 aliphatic rings. The van der Waals surface area contributed by atoms with E-state index in [0.717, 1.165) is 11.3 Å². The standard InChI is InChI=1S/C16H22N2O3/c1-11(2)16(20)17-8-14-9-18(15(19)10-21-14)13-6-4-12(3)5-7-13/h4-7,11,14H,8-10H2,1-3H3,(H,17,20). The van der Waals surface area contributed by atoms with Gasteiger partial charge < -0.3 is 15.0 Å². The Balaban J connectivity index is 1.97. The summed E-state index contributed by atoms with van der Waals surface area (Å²) in [5.74, 6) is -0.105. The Labute approximate surface area is 125 Å². The molecule has 1 heterocycles. The van der Waals surface area contributed by atoms with Crippen molar-refractivity contribution in [2.45, 2.75) is 26.9 Å². The summed E-state index contributed by atoms with van der Waals surface area (Å²) in [6.45, 7) is 6.64. The largest absolute Gasteiger partial charge is 0.365 e. The second kappa shape index (κ2) is 6.72. The van der Waals surface area contributed by atoms with Crippen molar-refractivity contribution in [3.63, 3.8) is 0 Å². The van der Waals surface area contributed by atoms with Crippen LogP contribution in [-0.2, 0) is 14.3 Å². The van der Waals surface area contributed by atoms with Gasteiger partial charge in [-0.15, -0.1) is 0 Å². The van der Waals surface area contributed by atoms with Crippen LogP contribution in [0.25, 0.3) is 0 Å². The number of benzene rings is 1. The predicted molar refractivity (Wildman–Crippen MR) is 81.1 cm³/mol. The molecule has 1 atom stereocenters. The molecule has 1 aliphatic heterocycles. The maximum absolute atomic E-state index is 12.0. The Bertz CT molecular complexity index is 511. The minimum atomic E-state index is -0.174. The maximum atomic E-state index is 12.0. The normalized spacial score (nSPS) is 19.0. The number of hydrogen-bond donors (Lipinski definition) is 1. The number of carbonyl (C=O) groups is 2. The van der Waals surface area contributed by atoms with Gasteiger partial charge in [-0.2, -0.15) is 0 Å². The molecular weight excluding hydrogens is 268 g/mol. The molecule has 2 amide bonds. The van der Waals surface area contributed by atoms with Crippen molar-refractivity contribution in [3.8, 4) is 0 Å². The monoisotopic (exact) mass is 290 g/mol. The Morgan fingerprint density at radius 1 is 1.38 bits per heavy atom. The van der Waals surface area contributed by atoms with Crippen molar-refractivity contribution in [3.05, 3.63) is 29.8 Å². The van der Waals surface area contributed by atoms with Crippen molar-refractivity contribution in [2.75, 3.05) is 24.6 Å². The Hall–Kier alpha value is -1.88. The number of amides is 2. The van der Waals surface area contributed by atoms with Gasteiger partial charge in [0.1, 0.15) is 6.61 Å². The highest BCUT2D eigenvalue weighted by molar-refractivity contribution is 5.95. The van der Waals surface area contributed by atoms with Gasteiger partial charge in [0.15, 0.2) is 0 Å². The average Bonchev–Trinajstić information content (AvgIpc) is 2.47. The third kappa shape index (κ3) is 4.04. The van der Waals surface area contributed by atoms with Crippen molar-refractivity contribution in [1.82, 2.24) is 5.32 Å². The zero-order valence-corrected chi connectivity index (χ0v) is 12.8. The molecule has 21 heavy (non-hydrogen) atoms. The van der Waals surface area contributed by atoms with Crippen molar-refractivity contribution in [1.29, 1.82) is 0 Å². The first-order valence-corrected chi connectivity index (χ1v) is 7.23. The van der Waals surface area contributed by atoms with Crippen molar-refractivity contribution in [2.24, 2.45) is 5.92 Å².